The third-order valence-corrected chi connectivity index (χ3v) is 4.26. The second-order valence-corrected chi connectivity index (χ2v) is 5.50. The lowest BCUT2D eigenvalue weighted by Gasteiger charge is -2.35. The van der Waals surface area contributed by atoms with Crippen molar-refractivity contribution in [3.8, 4) is 0 Å². The fourth-order valence-electron chi connectivity index (χ4n) is 2.85. The smallest absolute Gasteiger partial charge is 0.313 e. The van der Waals surface area contributed by atoms with Gasteiger partial charge in [0, 0.05) is 13.2 Å². The maximum absolute atomic E-state index is 12.3. The van der Waals surface area contributed by atoms with Crippen LogP contribution in [0.15, 0.2) is 0 Å². The lowest BCUT2D eigenvalue weighted by atomic mass is 9.78. The van der Waals surface area contributed by atoms with E-state index in [0.717, 1.165) is 51.8 Å². The van der Waals surface area contributed by atoms with Crippen molar-refractivity contribution >= 4 is 5.97 Å². The van der Waals surface area contributed by atoms with Crippen LogP contribution in [0.25, 0.3) is 0 Å². The van der Waals surface area contributed by atoms with E-state index in [1.165, 1.54) is 6.42 Å². The molecule has 0 aromatic rings. The van der Waals surface area contributed by atoms with Crippen LogP contribution in [0.1, 0.15) is 45.4 Å². The van der Waals surface area contributed by atoms with Crippen molar-refractivity contribution in [3.05, 3.63) is 0 Å². The second-order valence-electron chi connectivity index (χ2n) is 5.50. The average Bonchev–Trinajstić information content (AvgIpc) is 2.46. The molecule has 0 aromatic carbocycles. The van der Waals surface area contributed by atoms with E-state index in [1.54, 1.807) is 0 Å². The van der Waals surface area contributed by atoms with Gasteiger partial charge in [0.05, 0.1) is 11.5 Å². The van der Waals surface area contributed by atoms with E-state index in [0.29, 0.717) is 6.61 Å². The van der Waals surface area contributed by atoms with E-state index in [4.69, 9.17) is 9.47 Å². The molecule has 2 rings (SSSR count). The first-order valence-electron chi connectivity index (χ1n) is 7.26. The van der Waals surface area contributed by atoms with Gasteiger partial charge >= 0.3 is 5.97 Å². The van der Waals surface area contributed by atoms with Crippen LogP contribution in [0.5, 0.6) is 0 Å². The number of nitrogens with one attached hydrogen (secondary N) is 1. The number of piperidine rings is 1. The van der Waals surface area contributed by atoms with Crippen molar-refractivity contribution in [2.45, 2.75) is 51.6 Å². The molecule has 1 N–H and O–H groups in total. The minimum atomic E-state index is -0.299. The molecule has 0 bridgehead atoms. The quantitative estimate of drug-likeness (QED) is 0.779. The highest BCUT2D eigenvalue weighted by molar-refractivity contribution is 5.77. The Morgan fingerprint density at radius 1 is 1.44 bits per heavy atom. The molecule has 18 heavy (non-hydrogen) atoms. The maximum Gasteiger partial charge on any atom is 0.313 e. The van der Waals surface area contributed by atoms with E-state index in [2.05, 4.69) is 12.2 Å². The van der Waals surface area contributed by atoms with Crippen molar-refractivity contribution in [2.75, 3.05) is 26.3 Å². The van der Waals surface area contributed by atoms with Gasteiger partial charge in [0.25, 0.3) is 0 Å². The van der Waals surface area contributed by atoms with E-state index >= 15 is 0 Å². The molecule has 0 spiro atoms. The lowest BCUT2D eigenvalue weighted by molar-refractivity contribution is -0.162. The van der Waals surface area contributed by atoms with Gasteiger partial charge in [-0.1, -0.05) is 6.92 Å². The Kier molecular flexibility index (Phi) is 5.01. The van der Waals surface area contributed by atoms with Gasteiger partial charge in [-0.15, -0.1) is 0 Å². The molecule has 0 aromatic heterocycles. The molecule has 104 valence electrons. The minimum absolute atomic E-state index is 0.0358. The van der Waals surface area contributed by atoms with Gasteiger partial charge in [-0.05, 0) is 45.1 Å². The summed E-state index contributed by atoms with van der Waals surface area (Å²) in [5, 5.41) is 3.31. The molecule has 2 saturated heterocycles. The number of carbonyl (C=O) groups excluding carboxylic acids is 1. The van der Waals surface area contributed by atoms with Crippen LogP contribution >= 0.6 is 0 Å². The van der Waals surface area contributed by atoms with E-state index in [-0.39, 0.29) is 17.5 Å². The zero-order chi connectivity index (χ0) is 12.8. The number of carbonyl (C=O) groups is 1. The molecule has 0 amide bonds. The number of hydrogen-bond acceptors (Lipinski definition) is 4. The highest BCUT2D eigenvalue weighted by Gasteiger charge is 2.39. The molecule has 2 unspecified atom stereocenters. The Hall–Kier alpha value is -0.610. The highest BCUT2D eigenvalue weighted by Crippen LogP contribution is 2.31. The van der Waals surface area contributed by atoms with Crippen LogP contribution in [0.4, 0.5) is 0 Å². The molecule has 2 atom stereocenters. The summed E-state index contributed by atoms with van der Waals surface area (Å²) in [4.78, 5) is 12.3. The Balaban J connectivity index is 1.81. The van der Waals surface area contributed by atoms with Gasteiger partial charge < -0.3 is 14.8 Å². The number of esters is 1. The summed E-state index contributed by atoms with van der Waals surface area (Å²) >= 11 is 0. The summed E-state index contributed by atoms with van der Waals surface area (Å²) in [5.74, 6) is -0.0358. The average molecular weight is 255 g/mol. The highest BCUT2D eigenvalue weighted by atomic mass is 16.6. The fourth-order valence-corrected chi connectivity index (χ4v) is 2.85. The summed E-state index contributed by atoms with van der Waals surface area (Å²) in [5.41, 5.74) is -0.299. The largest absolute Gasteiger partial charge is 0.462 e. The first kappa shape index (κ1) is 13.8. The summed E-state index contributed by atoms with van der Waals surface area (Å²) in [6.07, 6.45) is 6.31. The topological polar surface area (TPSA) is 47.6 Å². The lowest BCUT2D eigenvalue weighted by Crippen LogP contribution is -2.46. The minimum Gasteiger partial charge on any atom is -0.462 e. The number of hydrogen-bond donors (Lipinski definition) is 1. The predicted molar refractivity (Wildman–Crippen MR) is 69.4 cm³/mol. The van der Waals surface area contributed by atoms with Crippen molar-refractivity contribution in [1.29, 1.82) is 0 Å². The van der Waals surface area contributed by atoms with E-state index in [1.807, 2.05) is 0 Å². The molecule has 0 saturated carbocycles. The van der Waals surface area contributed by atoms with Crippen LogP contribution in [0, 0.1) is 5.41 Å². The van der Waals surface area contributed by atoms with Crippen LogP contribution < -0.4 is 5.32 Å². The molecule has 0 radical (unpaired) electrons. The van der Waals surface area contributed by atoms with E-state index < -0.39 is 0 Å². The Morgan fingerprint density at radius 3 is 2.94 bits per heavy atom. The Bertz CT molecular complexity index is 268. The van der Waals surface area contributed by atoms with Gasteiger partial charge in [0.15, 0.2) is 0 Å². The SMILES string of the molecule is CCC1(C(=O)OCC2CCCCO2)CCCNC1. The molecule has 4 nitrogen and oxygen atoms in total. The van der Waals surface area contributed by atoms with Gasteiger partial charge in [-0.3, -0.25) is 4.79 Å². The van der Waals surface area contributed by atoms with Gasteiger partial charge in [0.1, 0.15) is 6.61 Å². The predicted octanol–water partition coefficient (Wildman–Crippen LogP) is 1.88. The zero-order valence-corrected chi connectivity index (χ0v) is 11.4. The van der Waals surface area contributed by atoms with Gasteiger partial charge in [0.2, 0.25) is 0 Å². The second kappa shape index (κ2) is 6.53. The van der Waals surface area contributed by atoms with Crippen LogP contribution in [-0.4, -0.2) is 38.4 Å². The number of ether oxygens (including phenoxy) is 2. The molecule has 2 aliphatic rings. The Morgan fingerprint density at radius 2 is 2.33 bits per heavy atom. The normalized spacial score (nSPS) is 33.1. The van der Waals surface area contributed by atoms with Crippen molar-refractivity contribution in [1.82, 2.24) is 5.32 Å². The van der Waals surface area contributed by atoms with Crippen LogP contribution in [0.3, 0.4) is 0 Å². The first-order valence-corrected chi connectivity index (χ1v) is 7.26. The summed E-state index contributed by atoms with van der Waals surface area (Å²) < 4.78 is 11.1. The molecule has 2 aliphatic heterocycles. The molecular weight excluding hydrogens is 230 g/mol. The van der Waals surface area contributed by atoms with Crippen LogP contribution in [-0.2, 0) is 14.3 Å². The summed E-state index contributed by atoms with van der Waals surface area (Å²) in [7, 11) is 0. The van der Waals surface area contributed by atoms with Gasteiger partial charge in [-0.2, -0.15) is 0 Å². The third kappa shape index (κ3) is 3.23. The monoisotopic (exact) mass is 255 g/mol. The summed E-state index contributed by atoms with van der Waals surface area (Å²) in [6, 6.07) is 0. The standard InChI is InChI=1S/C14H25NO3/c1-2-14(7-5-8-15-11-14)13(16)18-10-12-6-3-4-9-17-12/h12,15H,2-11H2,1H3. The number of rotatable bonds is 4. The van der Waals surface area contributed by atoms with Gasteiger partial charge in [-0.25, -0.2) is 0 Å². The van der Waals surface area contributed by atoms with E-state index in [9.17, 15) is 4.79 Å². The van der Waals surface area contributed by atoms with Crippen molar-refractivity contribution in [3.63, 3.8) is 0 Å². The maximum atomic E-state index is 12.3. The third-order valence-electron chi connectivity index (χ3n) is 4.26. The van der Waals surface area contributed by atoms with Crippen molar-refractivity contribution in [2.24, 2.45) is 5.41 Å². The van der Waals surface area contributed by atoms with Crippen LogP contribution in [0.2, 0.25) is 0 Å². The molecule has 4 heteroatoms. The first-order chi connectivity index (χ1) is 8.77. The van der Waals surface area contributed by atoms with Crippen molar-refractivity contribution < 1.29 is 14.3 Å². The Labute approximate surface area is 109 Å². The molecule has 2 fully saturated rings. The zero-order valence-electron chi connectivity index (χ0n) is 11.4. The fraction of sp³-hybridized carbons (Fsp3) is 0.929. The molecule has 2 heterocycles. The molecule has 0 aliphatic carbocycles. The molecular formula is C14H25NO3. The summed E-state index contributed by atoms with van der Waals surface area (Å²) in [6.45, 7) is 5.09.